The van der Waals surface area contributed by atoms with Crippen LogP contribution in [-0.2, 0) is 4.79 Å². The lowest BCUT2D eigenvalue weighted by molar-refractivity contribution is -0.197. The van der Waals surface area contributed by atoms with Crippen molar-refractivity contribution in [2.75, 3.05) is 6.61 Å². The monoisotopic (exact) mass is 425 g/mol. The van der Waals surface area contributed by atoms with Crippen LogP contribution in [0.2, 0.25) is 0 Å². The first-order chi connectivity index (χ1) is 14.5. The predicted molar refractivity (Wildman–Crippen MR) is 120 cm³/mol. The average molecular weight is 426 g/mol. The van der Waals surface area contributed by atoms with Crippen LogP contribution >= 0.6 is 0 Å². The molecule has 0 spiro atoms. The Bertz CT molecular complexity index is 962. The van der Waals surface area contributed by atoms with Crippen molar-refractivity contribution < 1.29 is 25.0 Å². The highest BCUT2D eigenvalue weighted by Crippen LogP contribution is 2.45. The van der Waals surface area contributed by atoms with Gasteiger partial charge in [0.25, 0.3) is 0 Å². The van der Waals surface area contributed by atoms with Crippen LogP contribution in [0.15, 0.2) is 42.5 Å². The van der Waals surface area contributed by atoms with E-state index in [1.165, 1.54) is 11.1 Å². The summed E-state index contributed by atoms with van der Waals surface area (Å²) in [6, 6.07) is 11.6. The number of rotatable bonds is 7. The van der Waals surface area contributed by atoms with Crippen LogP contribution in [0.25, 0.3) is 12.2 Å². The van der Waals surface area contributed by atoms with E-state index in [0.29, 0.717) is 12.2 Å². The minimum atomic E-state index is -0.490. The zero-order valence-electron chi connectivity index (χ0n) is 18.5. The molecule has 166 valence electrons. The van der Waals surface area contributed by atoms with Crippen molar-refractivity contribution in [2.24, 2.45) is 5.92 Å². The van der Waals surface area contributed by atoms with Gasteiger partial charge >= 0.3 is 0 Å². The molecule has 1 atom stereocenters. The number of phenols is 2. The maximum absolute atomic E-state index is 12.6. The maximum atomic E-state index is 12.6. The highest BCUT2D eigenvalue weighted by molar-refractivity contribution is 5.80. The van der Waals surface area contributed by atoms with Gasteiger partial charge in [0.1, 0.15) is 23.9 Å². The summed E-state index contributed by atoms with van der Waals surface area (Å²) in [7, 11) is 0. The highest BCUT2D eigenvalue weighted by Gasteiger charge is 2.51. The highest BCUT2D eigenvalue weighted by atomic mass is 16.5. The summed E-state index contributed by atoms with van der Waals surface area (Å²) in [4.78, 5) is 12.6. The van der Waals surface area contributed by atoms with Crippen LogP contribution in [0.5, 0.6) is 17.2 Å². The first kappa shape index (κ1) is 22.8. The molecule has 1 fully saturated rings. The normalized spacial score (nSPS) is 20.2. The molecule has 0 aromatic heterocycles. The van der Waals surface area contributed by atoms with Gasteiger partial charge in [0, 0.05) is 23.6 Å². The Hall–Kier alpha value is -2.83. The van der Waals surface area contributed by atoms with E-state index in [2.05, 4.69) is 0 Å². The van der Waals surface area contributed by atoms with Gasteiger partial charge in [0.05, 0.1) is 0 Å². The molecule has 3 N–H and O–H groups in total. The Labute approximate surface area is 183 Å². The third kappa shape index (κ3) is 5.46. The van der Waals surface area contributed by atoms with Gasteiger partial charge in [-0.3, -0.25) is 4.79 Å². The quantitative estimate of drug-likeness (QED) is 0.548. The second kappa shape index (κ2) is 8.73. The molecule has 3 rings (SSSR count). The number of benzene rings is 2. The van der Waals surface area contributed by atoms with E-state index >= 15 is 0 Å². The SMILES string of the molecule is CC1(C)CC(CC(=O)COc2cc(O)cc(/C=C/c3ccc(O)cc3)c2)C(C)(C)N1O. The molecule has 0 radical (unpaired) electrons. The van der Waals surface area contributed by atoms with Crippen LogP contribution in [0.1, 0.15) is 51.7 Å². The smallest absolute Gasteiger partial charge is 0.170 e. The fraction of sp³-hybridized carbons (Fsp3) is 0.400. The Morgan fingerprint density at radius 3 is 2.29 bits per heavy atom. The number of hydroxylamine groups is 2. The molecular weight excluding hydrogens is 394 g/mol. The third-order valence-corrected chi connectivity index (χ3v) is 6.01. The number of ether oxygens (including phenoxy) is 1. The Balaban J connectivity index is 1.61. The molecule has 0 aliphatic carbocycles. The zero-order chi connectivity index (χ0) is 22.8. The summed E-state index contributed by atoms with van der Waals surface area (Å²) in [6.07, 6.45) is 4.72. The zero-order valence-corrected chi connectivity index (χ0v) is 18.5. The van der Waals surface area contributed by atoms with Gasteiger partial charge < -0.3 is 20.2 Å². The number of carbonyl (C=O) groups excluding carboxylic acids is 1. The maximum Gasteiger partial charge on any atom is 0.170 e. The molecule has 2 aromatic carbocycles. The van der Waals surface area contributed by atoms with Crippen molar-refractivity contribution in [1.29, 1.82) is 0 Å². The lowest BCUT2D eigenvalue weighted by Crippen LogP contribution is -2.47. The lowest BCUT2D eigenvalue weighted by atomic mass is 9.83. The van der Waals surface area contributed by atoms with Crippen LogP contribution in [0, 0.1) is 5.92 Å². The van der Waals surface area contributed by atoms with E-state index < -0.39 is 5.54 Å². The number of nitrogens with zero attached hydrogens (tertiary/aromatic N) is 1. The molecular formula is C25H31NO5. The van der Waals surface area contributed by atoms with Crippen molar-refractivity contribution in [3.05, 3.63) is 53.6 Å². The summed E-state index contributed by atoms with van der Waals surface area (Å²) in [5, 5.41) is 31.2. The minimum absolute atomic E-state index is 0.0246. The molecule has 31 heavy (non-hydrogen) atoms. The molecule has 0 amide bonds. The first-order valence-electron chi connectivity index (χ1n) is 10.4. The van der Waals surface area contributed by atoms with Crippen LogP contribution < -0.4 is 4.74 Å². The summed E-state index contributed by atoms with van der Waals surface area (Å²) >= 11 is 0. The molecule has 0 saturated carbocycles. The van der Waals surface area contributed by atoms with Crippen molar-refractivity contribution in [3.8, 4) is 17.2 Å². The van der Waals surface area contributed by atoms with Gasteiger partial charge in [-0.05, 0) is 75.4 Å². The molecule has 1 aliphatic rings. The lowest BCUT2D eigenvalue weighted by Gasteiger charge is -2.35. The number of ketones is 1. The Kier molecular flexibility index (Phi) is 6.43. The second-order valence-electron chi connectivity index (χ2n) is 9.40. The largest absolute Gasteiger partial charge is 0.508 e. The van der Waals surface area contributed by atoms with Crippen molar-refractivity contribution in [1.82, 2.24) is 5.06 Å². The van der Waals surface area contributed by atoms with Crippen LogP contribution in [0.3, 0.4) is 0 Å². The fourth-order valence-electron chi connectivity index (χ4n) is 4.27. The number of Topliss-reactive ketones (excluding diaryl/α,β-unsaturated/α-hetero) is 1. The van der Waals surface area contributed by atoms with E-state index in [1.807, 2.05) is 39.8 Å². The summed E-state index contributed by atoms with van der Waals surface area (Å²) in [6.45, 7) is 7.74. The molecule has 2 aromatic rings. The summed E-state index contributed by atoms with van der Waals surface area (Å²) in [5.74, 6) is 0.634. The summed E-state index contributed by atoms with van der Waals surface area (Å²) < 4.78 is 5.66. The average Bonchev–Trinajstić information content (AvgIpc) is 2.84. The molecule has 1 heterocycles. The first-order valence-corrected chi connectivity index (χ1v) is 10.4. The topological polar surface area (TPSA) is 90.2 Å². The van der Waals surface area contributed by atoms with Crippen molar-refractivity contribution in [2.45, 2.75) is 51.6 Å². The van der Waals surface area contributed by atoms with Crippen LogP contribution in [-0.4, -0.2) is 44.0 Å². The molecule has 6 nitrogen and oxygen atoms in total. The van der Waals surface area contributed by atoms with Gasteiger partial charge in [-0.25, -0.2) is 0 Å². The fourth-order valence-corrected chi connectivity index (χ4v) is 4.27. The van der Waals surface area contributed by atoms with Gasteiger partial charge in [-0.1, -0.05) is 24.3 Å². The van der Waals surface area contributed by atoms with E-state index in [9.17, 15) is 20.2 Å². The molecule has 0 bridgehead atoms. The van der Waals surface area contributed by atoms with E-state index in [4.69, 9.17) is 4.74 Å². The number of hydrogen-bond donors (Lipinski definition) is 3. The molecule has 1 aliphatic heterocycles. The Morgan fingerprint density at radius 2 is 1.68 bits per heavy atom. The predicted octanol–water partition coefficient (Wildman–Crippen LogP) is 4.87. The number of carbonyl (C=O) groups is 1. The van der Waals surface area contributed by atoms with Gasteiger partial charge in [-0.2, -0.15) is 5.06 Å². The van der Waals surface area contributed by atoms with E-state index in [1.54, 1.807) is 36.4 Å². The summed E-state index contributed by atoms with van der Waals surface area (Å²) in [5.41, 5.74) is 0.763. The molecule has 6 heteroatoms. The number of hydrogen-bond acceptors (Lipinski definition) is 6. The van der Waals surface area contributed by atoms with Gasteiger partial charge in [0.2, 0.25) is 0 Å². The van der Waals surface area contributed by atoms with Crippen LogP contribution in [0.4, 0.5) is 0 Å². The molecule has 1 saturated heterocycles. The standard InChI is InChI=1S/C25H31NO5/c1-24(2)15-19(25(3,4)26(24)30)13-22(29)16-31-23-12-18(11-21(28)14-23)6-5-17-7-9-20(27)10-8-17/h5-12,14,19,27-28,30H,13,15-16H2,1-4H3/b6-5+. The second-order valence-corrected chi connectivity index (χ2v) is 9.40. The van der Waals surface area contributed by atoms with Gasteiger partial charge in [0.15, 0.2) is 5.78 Å². The minimum Gasteiger partial charge on any atom is -0.508 e. The van der Waals surface area contributed by atoms with Crippen molar-refractivity contribution >= 4 is 17.9 Å². The van der Waals surface area contributed by atoms with Gasteiger partial charge in [-0.15, -0.1) is 0 Å². The number of phenolic OH excluding ortho intramolecular Hbond substituents is 2. The molecule has 1 unspecified atom stereocenters. The Morgan fingerprint density at radius 1 is 1.03 bits per heavy atom. The van der Waals surface area contributed by atoms with E-state index in [0.717, 1.165) is 17.5 Å². The number of aromatic hydroxyl groups is 2. The van der Waals surface area contributed by atoms with E-state index in [-0.39, 0.29) is 35.3 Å². The third-order valence-electron chi connectivity index (χ3n) is 6.01. The van der Waals surface area contributed by atoms with Crippen molar-refractivity contribution in [3.63, 3.8) is 0 Å².